The van der Waals surface area contributed by atoms with Gasteiger partial charge in [0.15, 0.2) is 16.6 Å². The molecule has 1 aliphatic heterocycles. The molecule has 1 aliphatic carbocycles. The van der Waals surface area contributed by atoms with E-state index in [9.17, 15) is 9.18 Å². The summed E-state index contributed by atoms with van der Waals surface area (Å²) in [6.45, 7) is 1.01. The molecule has 2 fully saturated rings. The van der Waals surface area contributed by atoms with Crippen molar-refractivity contribution in [2.45, 2.75) is 43.2 Å². The number of urea groups is 1. The maximum Gasteiger partial charge on any atom is 0.321 e. The van der Waals surface area contributed by atoms with Crippen LogP contribution in [0.1, 0.15) is 31.2 Å². The molecule has 2 aromatic carbocycles. The van der Waals surface area contributed by atoms with Crippen molar-refractivity contribution < 1.29 is 18.7 Å². The van der Waals surface area contributed by atoms with Gasteiger partial charge in [-0.2, -0.15) is 0 Å². The van der Waals surface area contributed by atoms with Crippen LogP contribution >= 0.6 is 11.3 Å². The molecule has 5 rings (SSSR count). The number of anilines is 1. The molecule has 0 radical (unpaired) electrons. The van der Waals surface area contributed by atoms with E-state index in [0.717, 1.165) is 43.7 Å². The Labute approximate surface area is 202 Å². The first kappa shape index (κ1) is 22.9. The van der Waals surface area contributed by atoms with Gasteiger partial charge in [0.05, 0.1) is 24.4 Å². The molecule has 0 spiro atoms. The van der Waals surface area contributed by atoms with Gasteiger partial charge in [0.25, 0.3) is 0 Å². The van der Waals surface area contributed by atoms with Gasteiger partial charge in [0.2, 0.25) is 0 Å². The topological polar surface area (TPSA) is 75.7 Å². The molecule has 2 N–H and O–H groups in total. The lowest BCUT2D eigenvalue weighted by atomic mass is 9.65. The highest BCUT2D eigenvalue weighted by atomic mass is 32.1. The third-order valence-corrected chi connectivity index (χ3v) is 8.33. The molecular weight excluding hydrogens is 455 g/mol. The van der Waals surface area contributed by atoms with E-state index in [-0.39, 0.29) is 23.3 Å². The minimum atomic E-state index is -0.312. The zero-order chi connectivity index (χ0) is 23.9. The van der Waals surface area contributed by atoms with E-state index in [1.54, 1.807) is 20.3 Å². The number of methoxy groups -OCH3 is 2. The van der Waals surface area contributed by atoms with Crippen molar-refractivity contribution in [3.63, 3.8) is 0 Å². The van der Waals surface area contributed by atoms with Gasteiger partial charge in [0.1, 0.15) is 5.82 Å². The zero-order valence-corrected chi connectivity index (χ0v) is 20.4. The van der Waals surface area contributed by atoms with E-state index in [0.29, 0.717) is 21.4 Å². The molecule has 1 saturated carbocycles. The van der Waals surface area contributed by atoms with Crippen molar-refractivity contribution in [3.05, 3.63) is 47.8 Å². The van der Waals surface area contributed by atoms with Crippen LogP contribution in [0.15, 0.2) is 36.4 Å². The van der Waals surface area contributed by atoms with Gasteiger partial charge in [-0.3, -0.25) is 5.32 Å². The van der Waals surface area contributed by atoms with Crippen LogP contribution in [0.2, 0.25) is 0 Å². The third kappa shape index (κ3) is 4.07. The van der Waals surface area contributed by atoms with Crippen molar-refractivity contribution in [2.75, 3.05) is 33.1 Å². The summed E-state index contributed by atoms with van der Waals surface area (Å²) in [5, 5.41) is 6.43. The van der Waals surface area contributed by atoms with Gasteiger partial charge in [0, 0.05) is 17.5 Å². The number of rotatable bonds is 5. The average Bonchev–Trinajstić information content (AvgIpc) is 3.38. The molecular formula is C25H29FN4O3S. The van der Waals surface area contributed by atoms with E-state index in [1.807, 2.05) is 6.07 Å². The van der Waals surface area contributed by atoms with E-state index in [2.05, 4.69) is 39.7 Å². The zero-order valence-electron chi connectivity index (χ0n) is 19.6. The largest absolute Gasteiger partial charge is 0.493 e. The summed E-state index contributed by atoms with van der Waals surface area (Å²) in [6, 6.07) is 10.8. The van der Waals surface area contributed by atoms with Gasteiger partial charge >= 0.3 is 6.03 Å². The van der Waals surface area contributed by atoms with Gasteiger partial charge in [-0.25, -0.2) is 14.2 Å². The maximum absolute atomic E-state index is 13.5. The summed E-state index contributed by atoms with van der Waals surface area (Å²) >= 11 is 1.27. The van der Waals surface area contributed by atoms with Crippen LogP contribution in [0.5, 0.6) is 11.5 Å². The number of likely N-dealkylation sites (N-methyl/N-ethyl adjacent to an activating group) is 1. The van der Waals surface area contributed by atoms with Gasteiger partial charge < -0.3 is 19.7 Å². The summed E-state index contributed by atoms with van der Waals surface area (Å²) in [7, 11) is 5.48. The lowest BCUT2D eigenvalue weighted by Gasteiger charge is -2.45. The van der Waals surface area contributed by atoms with Gasteiger partial charge in [-0.05, 0) is 75.2 Å². The maximum atomic E-state index is 13.5. The number of carbonyl (C=O) groups is 1. The standard InChI is InChI=1S/C25H29FN4O3S/c1-30-11-10-25(15-4-7-19(32-2)20(12-15)33-3)9-8-17(14-22(25)30)27-23(31)29-24-28-18-6-5-16(26)13-21(18)34-24/h4-7,12-13,17,22H,8-11,14H2,1-3H3,(H2,27,28,29,31). The number of nitrogens with one attached hydrogen (secondary N) is 2. The van der Waals surface area contributed by atoms with E-state index < -0.39 is 0 Å². The van der Waals surface area contributed by atoms with Crippen LogP contribution in [0, 0.1) is 5.82 Å². The number of likely N-dealkylation sites (tertiary alicyclic amines) is 1. The Morgan fingerprint density at radius 2 is 2.00 bits per heavy atom. The number of fused-ring (bicyclic) bond motifs is 2. The Balaban J connectivity index is 1.29. The quantitative estimate of drug-likeness (QED) is 0.546. The molecule has 7 nitrogen and oxygen atoms in total. The van der Waals surface area contributed by atoms with Crippen molar-refractivity contribution in [2.24, 2.45) is 0 Å². The molecule has 9 heteroatoms. The van der Waals surface area contributed by atoms with Crippen LogP contribution in [0.25, 0.3) is 10.2 Å². The number of carbonyl (C=O) groups excluding carboxylic acids is 1. The molecule has 0 bridgehead atoms. The predicted octanol–water partition coefficient (Wildman–Crippen LogP) is 4.77. The minimum Gasteiger partial charge on any atom is -0.493 e. The summed E-state index contributed by atoms with van der Waals surface area (Å²) < 4.78 is 25.2. The third-order valence-electron chi connectivity index (χ3n) is 7.39. The number of thiazole rings is 1. The van der Waals surface area contributed by atoms with Crippen LogP contribution in [-0.2, 0) is 5.41 Å². The molecule has 2 heterocycles. The van der Waals surface area contributed by atoms with Gasteiger partial charge in [-0.15, -0.1) is 0 Å². The molecule has 180 valence electrons. The molecule has 3 aromatic rings. The number of aromatic nitrogens is 1. The fourth-order valence-electron chi connectivity index (χ4n) is 5.67. The Morgan fingerprint density at radius 3 is 2.79 bits per heavy atom. The first-order chi connectivity index (χ1) is 16.4. The first-order valence-corrected chi connectivity index (χ1v) is 12.3. The first-order valence-electron chi connectivity index (χ1n) is 11.5. The second-order valence-electron chi connectivity index (χ2n) is 9.17. The summed E-state index contributed by atoms with van der Waals surface area (Å²) in [5.74, 6) is 1.17. The monoisotopic (exact) mass is 484 g/mol. The lowest BCUT2D eigenvalue weighted by Crippen LogP contribution is -2.52. The fraction of sp³-hybridized carbons (Fsp3) is 0.440. The summed E-state index contributed by atoms with van der Waals surface area (Å²) in [5.41, 5.74) is 1.97. The Morgan fingerprint density at radius 1 is 1.18 bits per heavy atom. The van der Waals surface area contributed by atoms with Crippen LogP contribution in [0.3, 0.4) is 0 Å². The normalized spacial score (nSPS) is 24.6. The number of hydrogen-bond donors (Lipinski definition) is 2. The van der Waals surface area contributed by atoms with Crippen molar-refractivity contribution >= 4 is 32.7 Å². The molecule has 1 aromatic heterocycles. The highest BCUT2D eigenvalue weighted by Gasteiger charge is 2.50. The summed E-state index contributed by atoms with van der Waals surface area (Å²) in [6.07, 6.45) is 3.80. The minimum absolute atomic E-state index is 0.0278. The number of ether oxygens (including phenoxy) is 2. The molecule has 3 unspecified atom stereocenters. The highest BCUT2D eigenvalue weighted by Crippen LogP contribution is 2.49. The Bertz CT molecular complexity index is 1220. The van der Waals surface area contributed by atoms with Crippen molar-refractivity contribution in [3.8, 4) is 11.5 Å². The van der Waals surface area contributed by atoms with Crippen LogP contribution < -0.4 is 20.1 Å². The van der Waals surface area contributed by atoms with Crippen LogP contribution in [-0.4, -0.2) is 55.8 Å². The number of halogens is 1. The van der Waals surface area contributed by atoms with Crippen molar-refractivity contribution in [1.82, 2.24) is 15.2 Å². The second-order valence-corrected chi connectivity index (χ2v) is 10.2. The van der Waals surface area contributed by atoms with Crippen molar-refractivity contribution in [1.29, 1.82) is 0 Å². The fourth-order valence-corrected chi connectivity index (χ4v) is 6.55. The SMILES string of the molecule is COc1ccc(C23CCC(NC(=O)Nc4nc5ccc(F)cc5s4)CC2N(C)CC3)cc1OC. The number of hydrogen-bond acceptors (Lipinski definition) is 6. The van der Waals surface area contributed by atoms with Crippen LogP contribution in [0.4, 0.5) is 14.3 Å². The smallest absolute Gasteiger partial charge is 0.321 e. The molecule has 1 saturated heterocycles. The molecule has 2 amide bonds. The molecule has 34 heavy (non-hydrogen) atoms. The van der Waals surface area contributed by atoms with E-state index in [1.165, 1.54) is 29.0 Å². The predicted molar refractivity (Wildman–Crippen MR) is 132 cm³/mol. The lowest BCUT2D eigenvalue weighted by molar-refractivity contribution is 0.156. The van der Waals surface area contributed by atoms with E-state index in [4.69, 9.17) is 9.47 Å². The summed E-state index contributed by atoms with van der Waals surface area (Å²) in [4.78, 5) is 19.5. The Hall–Kier alpha value is -2.91. The number of benzene rings is 2. The van der Waals surface area contributed by atoms with Gasteiger partial charge in [-0.1, -0.05) is 17.4 Å². The highest BCUT2D eigenvalue weighted by molar-refractivity contribution is 7.22. The second kappa shape index (κ2) is 9.03. The number of amides is 2. The average molecular weight is 485 g/mol. The molecule has 2 aliphatic rings. The molecule has 3 atom stereocenters. The van der Waals surface area contributed by atoms with E-state index >= 15 is 0 Å². The Kier molecular flexibility index (Phi) is 6.07. The number of nitrogens with zero attached hydrogens (tertiary/aromatic N) is 2.